The van der Waals surface area contributed by atoms with Crippen LogP contribution in [0, 0.1) is 5.92 Å². The van der Waals surface area contributed by atoms with Gasteiger partial charge in [-0.25, -0.2) is 0 Å². The quantitative estimate of drug-likeness (QED) is 0.485. The van der Waals surface area contributed by atoms with Crippen molar-refractivity contribution in [2.24, 2.45) is 11.8 Å². The van der Waals surface area contributed by atoms with Gasteiger partial charge in [0.15, 0.2) is 0 Å². The molecule has 5 heteroatoms. The second kappa shape index (κ2) is 6.11. The second-order valence-corrected chi connectivity index (χ2v) is 5.36. The number of ether oxygens (including phenoxy) is 1. The maximum atomic E-state index is 5.77. The number of piperazine rings is 3. The smallest absolute Gasteiger partial charge is 0.0465 e. The topological polar surface area (TPSA) is 53.8 Å². The Balaban J connectivity index is 1.93. The first-order valence-electron chi connectivity index (χ1n) is 6.67. The largest absolute Gasteiger partial charge is 0.385 e. The van der Waals surface area contributed by atoms with Gasteiger partial charge in [-0.3, -0.25) is 21.1 Å². The lowest BCUT2D eigenvalue weighted by atomic mass is 9.89. The number of nitrogens with two attached hydrogens (primary N) is 1. The standard InChI is InChI=1S/C12H26N4O/c1-10(3-8-17-2)12(14-13)11-9-15-4-6-16(11)7-5-15/h10-12,14H,3-9,13H2,1-2H3. The van der Waals surface area contributed by atoms with Crippen molar-refractivity contribution in [2.75, 3.05) is 46.4 Å². The minimum absolute atomic E-state index is 0.369. The van der Waals surface area contributed by atoms with Crippen LogP contribution in [0.1, 0.15) is 13.3 Å². The molecule has 0 aromatic carbocycles. The zero-order valence-electron chi connectivity index (χ0n) is 11.1. The predicted octanol–water partition coefficient (Wildman–Crippen LogP) is -0.509. The van der Waals surface area contributed by atoms with Gasteiger partial charge in [-0.15, -0.1) is 0 Å². The number of hydrogen-bond donors (Lipinski definition) is 2. The highest BCUT2D eigenvalue weighted by atomic mass is 16.5. The Morgan fingerprint density at radius 2 is 2.06 bits per heavy atom. The zero-order chi connectivity index (χ0) is 12.3. The van der Waals surface area contributed by atoms with Gasteiger partial charge in [0.2, 0.25) is 0 Å². The number of methoxy groups -OCH3 is 1. The highest BCUT2D eigenvalue weighted by Gasteiger charge is 2.38. The van der Waals surface area contributed by atoms with Crippen LogP contribution in [0.5, 0.6) is 0 Å². The average molecular weight is 242 g/mol. The molecule has 3 rings (SSSR count). The SMILES string of the molecule is COCCC(C)C(NN)C1CN2CCN1CC2. The highest BCUT2D eigenvalue weighted by molar-refractivity contribution is 4.95. The Morgan fingerprint density at radius 3 is 2.53 bits per heavy atom. The van der Waals surface area contributed by atoms with E-state index in [4.69, 9.17) is 10.6 Å². The molecule has 3 heterocycles. The van der Waals surface area contributed by atoms with Gasteiger partial charge >= 0.3 is 0 Å². The Bertz CT molecular complexity index is 231. The van der Waals surface area contributed by atoms with E-state index in [0.29, 0.717) is 18.0 Å². The van der Waals surface area contributed by atoms with E-state index in [0.717, 1.165) is 19.6 Å². The molecule has 0 amide bonds. The zero-order valence-corrected chi connectivity index (χ0v) is 11.1. The number of rotatable bonds is 6. The van der Waals surface area contributed by atoms with Crippen molar-refractivity contribution in [3.63, 3.8) is 0 Å². The van der Waals surface area contributed by atoms with E-state index in [-0.39, 0.29) is 0 Å². The van der Waals surface area contributed by atoms with Gasteiger partial charge in [0.05, 0.1) is 0 Å². The summed E-state index contributed by atoms with van der Waals surface area (Å²) in [5.74, 6) is 6.32. The van der Waals surface area contributed by atoms with E-state index in [1.165, 1.54) is 26.2 Å². The minimum Gasteiger partial charge on any atom is -0.385 e. The lowest BCUT2D eigenvalue weighted by molar-refractivity contribution is -0.0141. The van der Waals surface area contributed by atoms with Gasteiger partial charge in [-0.2, -0.15) is 0 Å². The molecule has 3 saturated heterocycles. The van der Waals surface area contributed by atoms with Crippen LogP contribution >= 0.6 is 0 Å². The van der Waals surface area contributed by atoms with Crippen molar-refractivity contribution in [1.82, 2.24) is 15.2 Å². The highest BCUT2D eigenvalue weighted by Crippen LogP contribution is 2.23. The maximum absolute atomic E-state index is 5.77. The number of nitrogens with zero attached hydrogens (tertiary/aromatic N) is 2. The van der Waals surface area contributed by atoms with Crippen LogP contribution in [0.4, 0.5) is 0 Å². The second-order valence-electron chi connectivity index (χ2n) is 5.36. The Morgan fingerprint density at radius 1 is 1.35 bits per heavy atom. The fourth-order valence-corrected chi connectivity index (χ4v) is 3.14. The van der Waals surface area contributed by atoms with Crippen LogP contribution in [0.15, 0.2) is 0 Å². The summed E-state index contributed by atoms with van der Waals surface area (Å²) >= 11 is 0. The molecular formula is C12H26N4O. The van der Waals surface area contributed by atoms with E-state index in [1.54, 1.807) is 7.11 Å². The third-order valence-electron chi connectivity index (χ3n) is 4.32. The van der Waals surface area contributed by atoms with Crippen LogP contribution in [0.3, 0.4) is 0 Å². The molecule has 3 N–H and O–H groups in total. The summed E-state index contributed by atoms with van der Waals surface area (Å²) in [6.45, 7) is 9.07. The lowest BCUT2D eigenvalue weighted by Crippen LogP contribution is -2.68. The van der Waals surface area contributed by atoms with Crippen LogP contribution in [0.25, 0.3) is 0 Å². The van der Waals surface area contributed by atoms with Gasteiger partial charge < -0.3 is 4.74 Å². The van der Waals surface area contributed by atoms with Crippen molar-refractivity contribution in [2.45, 2.75) is 25.4 Å². The Hall–Kier alpha value is -0.200. The third-order valence-corrected chi connectivity index (χ3v) is 4.32. The summed E-state index contributed by atoms with van der Waals surface area (Å²) in [6.07, 6.45) is 1.07. The minimum atomic E-state index is 0.369. The number of hydrazine groups is 1. The molecule has 0 aromatic rings. The summed E-state index contributed by atoms with van der Waals surface area (Å²) < 4.78 is 5.16. The van der Waals surface area contributed by atoms with Gasteiger partial charge in [0.25, 0.3) is 0 Å². The normalized spacial score (nSPS) is 35.8. The average Bonchev–Trinajstić information content (AvgIpc) is 2.38. The summed E-state index contributed by atoms with van der Waals surface area (Å²) in [4.78, 5) is 5.14. The molecule has 5 nitrogen and oxygen atoms in total. The molecular weight excluding hydrogens is 216 g/mol. The van der Waals surface area contributed by atoms with Crippen molar-refractivity contribution in [3.8, 4) is 0 Å². The molecule has 3 atom stereocenters. The van der Waals surface area contributed by atoms with Gasteiger partial charge in [0, 0.05) is 58.5 Å². The third kappa shape index (κ3) is 2.98. The van der Waals surface area contributed by atoms with E-state index in [2.05, 4.69) is 22.1 Å². The van der Waals surface area contributed by atoms with Crippen molar-refractivity contribution in [1.29, 1.82) is 0 Å². The number of nitrogens with one attached hydrogen (secondary N) is 1. The Kier molecular flexibility index (Phi) is 4.76. The molecule has 3 fully saturated rings. The van der Waals surface area contributed by atoms with Crippen molar-refractivity contribution >= 4 is 0 Å². The van der Waals surface area contributed by atoms with Crippen LogP contribution in [-0.4, -0.2) is 68.3 Å². The van der Waals surface area contributed by atoms with E-state index < -0.39 is 0 Å². The molecule has 0 aromatic heterocycles. The van der Waals surface area contributed by atoms with Crippen LogP contribution in [0.2, 0.25) is 0 Å². The molecule has 0 spiro atoms. The van der Waals surface area contributed by atoms with Gasteiger partial charge in [0.1, 0.15) is 0 Å². The monoisotopic (exact) mass is 242 g/mol. The van der Waals surface area contributed by atoms with E-state index >= 15 is 0 Å². The van der Waals surface area contributed by atoms with Crippen LogP contribution < -0.4 is 11.3 Å². The first-order chi connectivity index (χ1) is 8.26. The molecule has 17 heavy (non-hydrogen) atoms. The summed E-state index contributed by atoms with van der Waals surface area (Å²) in [5, 5.41) is 0. The summed E-state index contributed by atoms with van der Waals surface area (Å²) in [5.41, 5.74) is 3.04. The fraction of sp³-hybridized carbons (Fsp3) is 1.00. The molecule has 0 aliphatic carbocycles. The molecule has 3 aliphatic rings. The van der Waals surface area contributed by atoms with E-state index in [1.807, 2.05) is 0 Å². The van der Waals surface area contributed by atoms with Crippen LogP contribution in [-0.2, 0) is 4.74 Å². The summed E-state index contributed by atoms with van der Waals surface area (Å²) in [7, 11) is 1.76. The van der Waals surface area contributed by atoms with Crippen molar-refractivity contribution < 1.29 is 4.74 Å². The molecule has 100 valence electrons. The maximum Gasteiger partial charge on any atom is 0.0465 e. The van der Waals surface area contributed by atoms with Crippen molar-refractivity contribution in [3.05, 3.63) is 0 Å². The Labute approximate surface area is 104 Å². The molecule has 0 saturated carbocycles. The number of hydrogen-bond acceptors (Lipinski definition) is 5. The first kappa shape index (κ1) is 13.2. The predicted molar refractivity (Wildman–Crippen MR) is 68.6 cm³/mol. The molecule has 0 radical (unpaired) electrons. The van der Waals surface area contributed by atoms with Gasteiger partial charge in [-0.05, 0) is 12.3 Å². The fourth-order valence-electron chi connectivity index (χ4n) is 3.14. The first-order valence-corrected chi connectivity index (χ1v) is 6.67. The number of fused-ring (bicyclic) bond motifs is 3. The molecule has 3 aliphatic heterocycles. The molecule has 2 bridgehead atoms. The summed E-state index contributed by atoms with van der Waals surface area (Å²) in [6, 6.07) is 0.933. The molecule has 3 unspecified atom stereocenters. The van der Waals surface area contributed by atoms with E-state index in [9.17, 15) is 0 Å². The lowest BCUT2D eigenvalue weighted by Gasteiger charge is -2.51. The van der Waals surface area contributed by atoms with Gasteiger partial charge in [-0.1, -0.05) is 6.92 Å².